The van der Waals surface area contributed by atoms with Crippen LogP contribution in [0.15, 0.2) is 0 Å². The molecule has 0 aromatic carbocycles. The third kappa shape index (κ3) is 9.30. The minimum Gasteiger partial charge on any atom is -0.443 e. The highest BCUT2D eigenvalue weighted by Gasteiger charge is 2.12. The van der Waals surface area contributed by atoms with Gasteiger partial charge in [-0.3, -0.25) is 0 Å². The number of rotatable bonds is 10. The van der Waals surface area contributed by atoms with Crippen LogP contribution in [0.3, 0.4) is 0 Å². The molecular formula is C12H25NO3S. The summed E-state index contributed by atoms with van der Waals surface area (Å²) in [6, 6.07) is 0. The zero-order valence-corrected chi connectivity index (χ0v) is 11.7. The molecule has 0 spiro atoms. The van der Waals surface area contributed by atoms with Crippen molar-refractivity contribution < 1.29 is 14.3 Å². The molecule has 2 unspecified atom stereocenters. The van der Waals surface area contributed by atoms with Gasteiger partial charge in [-0.2, -0.15) is 12.6 Å². The summed E-state index contributed by atoms with van der Waals surface area (Å²) in [5.41, 5.74) is 4.94. The Labute approximate surface area is 110 Å². The number of primary amides is 1. The van der Waals surface area contributed by atoms with E-state index in [0.717, 1.165) is 6.42 Å². The molecule has 5 heteroatoms. The predicted octanol–water partition coefficient (Wildman–Crippen LogP) is 2.61. The van der Waals surface area contributed by atoms with Gasteiger partial charge >= 0.3 is 6.09 Å². The van der Waals surface area contributed by atoms with Crippen molar-refractivity contribution in [2.45, 2.75) is 45.6 Å². The van der Waals surface area contributed by atoms with Gasteiger partial charge < -0.3 is 15.2 Å². The van der Waals surface area contributed by atoms with Crippen molar-refractivity contribution in [3.05, 3.63) is 0 Å². The molecular weight excluding hydrogens is 238 g/mol. The van der Waals surface area contributed by atoms with E-state index in [9.17, 15) is 4.79 Å². The van der Waals surface area contributed by atoms with Crippen molar-refractivity contribution in [1.82, 2.24) is 0 Å². The van der Waals surface area contributed by atoms with Gasteiger partial charge in [-0.25, -0.2) is 4.79 Å². The third-order valence-corrected chi connectivity index (χ3v) is 3.09. The first kappa shape index (κ1) is 16.6. The first-order chi connectivity index (χ1) is 8.13. The number of unbranched alkanes of at least 4 members (excludes halogenated alkanes) is 1. The Hall–Kier alpha value is -0.420. The quantitative estimate of drug-likeness (QED) is 0.596. The van der Waals surface area contributed by atoms with E-state index in [-0.39, 0.29) is 6.10 Å². The summed E-state index contributed by atoms with van der Waals surface area (Å²) in [6.45, 7) is 5.43. The van der Waals surface area contributed by atoms with Crippen LogP contribution >= 0.6 is 12.6 Å². The predicted molar refractivity (Wildman–Crippen MR) is 72.4 cm³/mol. The van der Waals surface area contributed by atoms with Crippen LogP contribution in [0.1, 0.15) is 39.5 Å². The van der Waals surface area contributed by atoms with Crippen LogP contribution in [-0.4, -0.2) is 31.2 Å². The minimum atomic E-state index is -0.773. The van der Waals surface area contributed by atoms with E-state index < -0.39 is 6.09 Å². The zero-order valence-electron chi connectivity index (χ0n) is 10.9. The van der Waals surface area contributed by atoms with E-state index in [1.165, 1.54) is 19.3 Å². The van der Waals surface area contributed by atoms with Crippen molar-refractivity contribution in [3.63, 3.8) is 0 Å². The van der Waals surface area contributed by atoms with E-state index >= 15 is 0 Å². The second-order valence-corrected chi connectivity index (χ2v) is 4.56. The lowest BCUT2D eigenvalue weighted by Crippen LogP contribution is -2.29. The van der Waals surface area contributed by atoms with E-state index in [1.54, 1.807) is 0 Å². The lowest BCUT2D eigenvalue weighted by molar-refractivity contribution is 0.0190. The van der Waals surface area contributed by atoms with Crippen molar-refractivity contribution in [3.8, 4) is 0 Å². The Kier molecular flexibility index (Phi) is 10.5. The van der Waals surface area contributed by atoms with Crippen LogP contribution in [0.4, 0.5) is 4.79 Å². The summed E-state index contributed by atoms with van der Waals surface area (Å²) in [5.74, 6) is 1.01. The number of thiol groups is 1. The van der Waals surface area contributed by atoms with Gasteiger partial charge in [0.25, 0.3) is 0 Å². The average Bonchev–Trinajstić information content (AvgIpc) is 2.31. The molecule has 0 radical (unpaired) electrons. The highest BCUT2D eigenvalue weighted by atomic mass is 32.1. The molecule has 0 rings (SSSR count). The lowest BCUT2D eigenvalue weighted by Gasteiger charge is -2.18. The topological polar surface area (TPSA) is 61.6 Å². The maximum Gasteiger partial charge on any atom is 0.404 e. The normalized spacial score (nSPS) is 14.3. The molecule has 2 N–H and O–H groups in total. The zero-order chi connectivity index (χ0) is 13.1. The van der Waals surface area contributed by atoms with Crippen LogP contribution in [0.5, 0.6) is 0 Å². The van der Waals surface area contributed by atoms with Crippen LogP contribution in [0.2, 0.25) is 0 Å². The van der Waals surface area contributed by atoms with Crippen molar-refractivity contribution in [2.24, 2.45) is 11.7 Å². The summed E-state index contributed by atoms with van der Waals surface area (Å²) in [5, 5.41) is 0. The molecule has 0 aromatic heterocycles. The fourth-order valence-corrected chi connectivity index (χ4v) is 1.73. The number of carbonyl (C=O) groups is 1. The molecule has 17 heavy (non-hydrogen) atoms. The van der Waals surface area contributed by atoms with Crippen LogP contribution in [-0.2, 0) is 9.47 Å². The molecule has 0 saturated heterocycles. The summed E-state index contributed by atoms with van der Waals surface area (Å²) in [4.78, 5) is 10.6. The van der Waals surface area contributed by atoms with Gasteiger partial charge in [0.15, 0.2) is 0 Å². The van der Waals surface area contributed by atoms with Gasteiger partial charge in [-0.05, 0) is 12.3 Å². The first-order valence-electron chi connectivity index (χ1n) is 6.28. The molecule has 0 aliphatic heterocycles. The van der Waals surface area contributed by atoms with Gasteiger partial charge in [0, 0.05) is 12.4 Å². The molecule has 0 fully saturated rings. The van der Waals surface area contributed by atoms with Crippen LogP contribution in [0.25, 0.3) is 0 Å². The highest BCUT2D eigenvalue weighted by Crippen LogP contribution is 2.13. The monoisotopic (exact) mass is 263 g/mol. The van der Waals surface area contributed by atoms with Gasteiger partial charge in [0.1, 0.15) is 6.10 Å². The number of ether oxygens (including phenoxy) is 2. The summed E-state index contributed by atoms with van der Waals surface area (Å²) < 4.78 is 10.4. The van der Waals surface area contributed by atoms with Gasteiger partial charge in [-0.1, -0.05) is 33.1 Å². The average molecular weight is 263 g/mol. The maximum absolute atomic E-state index is 10.6. The molecule has 2 atom stereocenters. The number of hydrogen-bond donors (Lipinski definition) is 2. The first-order valence-corrected chi connectivity index (χ1v) is 6.91. The SMILES string of the molecule is CCCCC(CC)COCC(CS)OC(N)=O. The molecule has 0 saturated carbocycles. The second kappa shape index (κ2) is 10.7. The molecule has 1 amide bonds. The van der Waals surface area contributed by atoms with E-state index in [4.69, 9.17) is 15.2 Å². The number of carbonyl (C=O) groups excluding carboxylic acids is 1. The summed E-state index contributed by atoms with van der Waals surface area (Å²) >= 11 is 4.08. The smallest absolute Gasteiger partial charge is 0.404 e. The summed E-state index contributed by atoms with van der Waals surface area (Å²) in [6.07, 6.45) is 3.62. The largest absolute Gasteiger partial charge is 0.443 e. The Bertz CT molecular complexity index is 202. The Morgan fingerprint density at radius 3 is 2.53 bits per heavy atom. The molecule has 0 heterocycles. The molecule has 0 aromatic rings. The fraction of sp³-hybridized carbons (Fsp3) is 0.917. The Balaban J connectivity index is 3.73. The molecule has 4 nitrogen and oxygen atoms in total. The van der Waals surface area contributed by atoms with Gasteiger partial charge in [0.05, 0.1) is 6.61 Å². The van der Waals surface area contributed by atoms with Crippen molar-refractivity contribution >= 4 is 18.7 Å². The fourth-order valence-electron chi connectivity index (χ4n) is 1.55. The minimum absolute atomic E-state index is 0.348. The van der Waals surface area contributed by atoms with Crippen molar-refractivity contribution in [2.75, 3.05) is 19.0 Å². The van der Waals surface area contributed by atoms with Gasteiger partial charge in [-0.15, -0.1) is 0 Å². The van der Waals surface area contributed by atoms with Crippen LogP contribution < -0.4 is 5.73 Å². The second-order valence-electron chi connectivity index (χ2n) is 4.20. The number of nitrogens with two attached hydrogens (primary N) is 1. The number of hydrogen-bond acceptors (Lipinski definition) is 4. The van der Waals surface area contributed by atoms with E-state index in [2.05, 4.69) is 26.5 Å². The van der Waals surface area contributed by atoms with Gasteiger partial charge in [0.2, 0.25) is 0 Å². The molecule has 102 valence electrons. The number of amides is 1. The van der Waals surface area contributed by atoms with Crippen molar-refractivity contribution in [1.29, 1.82) is 0 Å². The standard InChI is InChI=1S/C12H25NO3S/c1-3-5-6-10(4-2)7-15-8-11(9-17)16-12(13)14/h10-11,17H,3-9H2,1-2H3,(H2,13,14). The maximum atomic E-state index is 10.6. The van der Waals surface area contributed by atoms with E-state index in [1.807, 2.05) is 0 Å². The Morgan fingerprint density at radius 2 is 2.06 bits per heavy atom. The Morgan fingerprint density at radius 1 is 1.35 bits per heavy atom. The molecule has 0 aliphatic carbocycles. The summed E-state index contributed by atoms with van der Waals surface area (Å²) in [7, 11) is 0. The molecule has 0 bridgehead atoms. The van der Waals surface area contributed by atoms with Crippen LogP contribution in [0, 0.1) is 5.92 Å². The van der Waals surface area contributed by atoms with E-state index in [0.29, 0.717) is 24.9 Å². The third-order valence-electron chi connectivity index (χ3n) is 2.69. The highest BCUT2D eigenvalue weighted by molar-refractivity contribution is 7.80. The lowest BCUT2D eigenvalue weighted by atomic mass is 10.0. The molecule has 0 aliphatic rings.